The topological polar surface area (TPSA) is 40.5 Å². The highest BCUT2D eigenvalue weighted by Crippen LogP contribution is 2.69. The first kappa shape index (κ1) is 22.1. The molecule has 0 aromatic rings. The molecule has 4 rings (SSSR count). The van der Waals surface area contributed by atoms with Crippen LogP contribution in [-0.4, -0.2) is 21.9 Å². The number of rotatable bonds is 5. The Kier molecular flexibility index (Phi) is 5.95. The van der Waals surface area contributed by atoms with E-state index in [9.17, 15) is 10.2 Å². The number of hydrogen-bond acceptors (Lipinski definition) is 2. The highest BCUT2D eigenvalue weighted by Gasteiger charge is 2.66. The van der Waals surface area contributed by atoms with Crippen molar-refractivity contribution in [2.24, 2.45) is 46.3 Å². The van der Waals surface area contributed by atoms with E-state index in [4.69, 9.17) is 0 Å². The highest BCUT2D eigenvalue weighted by molar-refractivity contribution is 5.16. The predicted molar refractivity (Wildman–Crippen MR) is 121 cm³/mol. The minimum absolute atomic E-state index is 0.0735. The number of hydrogen-bond donors (Lipinski definition) is 2. The fraction of sp³-hybridized carbons (Fsp3) is 1.00. The molecule has 6 unspecified atom stereocenters. The van der Waals surface area contributed by atoms with Gasteiger partial charge < -0.3 is 10.2 Å². The van der Waals surface area contributed by atoms with Gasteiger partial charge in [0.25, 0.3) is 0 Å². The smallest absolute Gasteiger partial charge is 0.0961 e. The molecule has 0 saturated heterocycles. The first-order valence-corrected chi connectivity index (χ1v) is 13.0. The number of aliphatic hydroxyl groups is 2. The zero-order valence-electron chi connectivity index (χ0n) is 19.9. The Labute approximate surface area is 180 Å². The monoisotopic (exact) mass is 404 g/mol. The molecule has 29 heavy (non-hydrogen) atoms. The van der Waals surface area contributed by atoms with E-state index in [0.717, 1.165) is 49.4 Å². The SMILES string of the molecule is CC(C)CCC[C@@H](C)C1CCC2C3C[C@H](O)[C@@]4(O)CCCCC4(C)C3CCC21C. The van der Waals surface area contributed by atoms with E-state index in [1.807, 2.05) is 0 Å². The zero-order chi connectivity index (χ0) is 21.0. The summed E-state index contributed by atoms with van der Waals surface area (Å²) in [7, 11) is 0. The Hall–Kier alpha value is -0.0800. The van der Waals surface area contributed by atoms with Gasteiger partial charge in [0.2, 0.25) is 0 Å². The van der Waals surface area contributed by atoms with E-state index in [1.54, 1.807) is 0 Å². The molecular weight excluding hydrogens is 356 g/mol. The molecule has 2 N–H and O–H groups in total. The van der Waals surface area contributed by atoms with Gasteiger partial charge in [-0.3, -0.25) is 0 Å². The van der Waals surface area contributed by atoms with Crippen LogP contribution < -0.4 is 0 Å². The van der Waals surface area contributed by atoms with Gasteiger partial charge in [-0.25, -0.2) is 0 Å². The van der Waals surface area contributed by atoms with Crippen molar-refractivity contribution in [3.8, 4) is 0 Å². The van der Waals surface area contributed by atoms with Gasteiger partial charge in [-0.2, -0.15) is 0 Å². The van der Waals surface area contributed by atoms with Gasteiger partial charge >= 0.3 is 0 Å². The lowest BCUT2D eigenvalue weighted by molar-refractivity contribution is -0.253. The second kappa shape index (κ2) is 7.80. The number of aliphatic hydroxyl groups excluding tert-OH is 1. The molecule has 4 fully saturated rings. The van der Waals surface area contributed by atoms with Gasteiger partial charge in [0.15, 0.2) is 0 Å². The van der Waals surface area contributed by atoms with Crippen molar-refractivity contribution in [3.63, 3.8) is 0 Å². The lowest BCUT2D eigenvalue weighted by Gasteiger charge is -2.65. The van der Waals surface area contributed by atoms with Crippen LogP contribution in [0.2, 0.25) is 0 Å². The summed E-state index contributed by atoms with van der Waals surface area (Å²) in [6, 6.07) is 0. The van der Waals surface area contributed by atoms with Gasteiger partial charge in [0.05, 0.1) is 11.7 Å². The summed E-state index contributed by atoms with van der Waals surface area (Å²) in [5.74, 6) is 4.51. The zero-order valence-corrected chi connectivity index (χ0v) is 19.9. The van der Waals surface area contributed by atoms with Crippen LogP contribution in [0.5, 0.6) is 0 Å². The summed E-state index contributed by atoms with van der Waals surface area (Å²) in [5, 5.41) is 22.8. The van der Waals surface area contributed by atoms with Crippen LogP contribution in [0.25, 0.3) is 0 Å². The molecule has 2 heteroatoms. The van der Waals surface area contributed by atoms with Crippen LogP contribution in [0.1, 0.15) is 112 Å². The van der Waals surface area contributed by atoms with Gasteiger partial charge in [-0.15, -0.1) is 0 Å². The van der Waals surface area contributed by atoms with E-state index >= 15 is 0 Å². The van der Waals surface area contributed by atoms with Gasteiger partial charge in [0.1, 0.15) is 0 Å². The van der Waals surface area contributed by atoms with Crippen LogP contribution in [0, 0.1) is 46.3 Å². The van der Waals surface area contributed by atoms with Crippen LogP contribution in [-0.2, 0) is 0 Å². The minimum Gasteiger partial charge on any atom is -0.390 e. The third-order valence-electron chi connectivity index (χ3n) is 11.0. The van der Waals surface area contributed by atoms with E-state index in [-0.39, 0.29) is 5.41 Å². The van der Waals surface area contributed by atoms with Crippen molar-refractivity contribution in [1.82, 2.24) is 0 Å². The molecule has 4 aliphatic rings. The molecule has 168 valence electrons. The van der Waals surface area contributed by atoms with Crippen LogP contribution in [0.15, 0.2) is 0 Å². The van der Waals surface area contributed by atoms with Crippen LogP contribution in [0.3, 0.4) is 0 Å². The lowest BCUT2D eigenvalue weighted by atomic mass is 9.42. The molecule has 0 amide bonds. The Bertz CT molecular complexity index is 587. The highest BCUT2D eigenvalue weighted by atomic mass is 16.3. The summed E-state index contributed by atoms with van der Waals surface area (Å²) in [5.41, 5.74) is -0.448. The first-order valence-electron chi connectivity index (χ1n) is 13.0. The normalized spacial score (nSPS) is 50.7. The average Bonchev–Trinajstić information content (AvgIpc) is 3.01. The van der Waals surface area contributed by atoms with E-state index in [0.29, 0.717) is 17.3 Å². The van der Waals surface area contributed by atoms with Crippen LogP contribution in [0.4, 0.5) is 0 Å². The maximum atomic E-state index is 11.6. The molecule has 0 spiro atoms. The van der Waals surface area contributed by atoms with Gasteiger partial charge in [-0.1, -0.05) is 66.7 Å². The third-order valence-corrected chi connectivity index (χ3v) is 11.0. The molecule has 2 nitrogen and oxygen atoms in total. The van der Waals surface area contributed by atoms with Crippen molar-refractivity contribution in [3.05, 3.63) is 0 Å². The Morgan fingerprint density at radius 2 is 1.62 bits per heavy atom. The Morgan fingerprint density at radius 1 is 0.897 bits per heavy atom. The van der Waals surface area contributed by atoms with Crippen LogP contribution >= 0.6 is 0 Å². The van der Waals surface area contributed by atoms with Crippen molar-refractivity contribution in [1.29, 1.82) is 0 Å². The summed E-state index contributed by atoms with van der Waals surface area (Å²) >= 11 is 0. The van der Waals surface area contributed by atoms with E-state index in [2.05, 4.69) is 34.6 Å². The fourth-order valence-corrected chi connectivity index (χ4v) is 9.33. The minimum atomic E-state index is -0.831. The van der Waals surface area contributed by atoms with Gasteiger partial charge in [-0.05, 0) is 85.9 Å². The number of fused-ring (bicyclic) bond motifs is 5. The maximum Gasteiger partial charge on any atom is 0.0961 e. The Balaban J connectivity index is 1.53. The molecule has 0 aromatic heterocycles. The molecule has 9 atom stereocenters. The molecular formula is C27H48O2. The standard InChI is InChI=1S/C27H48O2/c1-18(2)9-8-10-19(3)21-11-12-22-20-17-24(28)27(29)15-7-6-14-26(27,5)23(20)13-16-25(21,22)4/h18-24,28-29H,6-17H2,1-5H3/t19-,20?,21?,22?,23?,24+,25?,26?,27+/m1/s1. The molecule has 0 aromatic carbocycles. The van der Waals surface area contributed by atoms with Gasteiger partial charge in [0, 0.05) is 5.41 Å². The fourth-order valence-electron chi connectivity index (χ4n) is 9.33. The lowest BCUT2D eigenvalue weighted by Crippen LogP contribution is -2.67. The van der Waals surface area contributed by atoms with Crippen molar-refractivity contribution < 1.29 is 10.2 Å². The van der Waals surface area contributed by atoms with E-state index < -0.39 is 11.7 Å². The molecule has 4 saturated carbocycles. The molecule has 4 aliphatic carbocycles. The van der Waals surface area contributed by atoms with Crippen molar-refractivity contribution in [2.75, 3.05) is 0 Å². The summed E-state index contributed by atoms with van der Waals surface area (Å²) in [4.78, 5) is 0. The molecule has 0 radical (unpaired) electrons. The maximum absolute atomic E-state index is 11.6. The second-order valence-electron chi connectivity index (χ2n) is 12.7. The molecule has 0 aliphatic heterocycles. The van der Waals surface area contributed by atoms with Crippen molar-refractivity contribution in [2.45, 2.75) is 123 Å². The Morgan fingerprint density at radius 3 is 2.34 bits per heavy atom. The third kappa shape index (κ3) is 3.34. The molecule has 0 bridgehead atoms. The van der Waals surface area contributed by atoms with E-state index in [1.165, 1.54) is 51.4 Å². The largest absolute Gasteiger partial charge is 0.390 e. The summed E-state index contributed by atoms with van der Waals surface area (Å²) < 4.78 is 0. The molecule has 0 heterocycles. The quantitative estimate of drug-likeness (QED) is 0.543. The predicted octanol–water partition coefficient (Wildman–Crippen LogP) is 6.58. The first-order chi connectivity index (χ1) is 13.6. The second-order valence-corrected chi connectivity index (χ2v) is 12.7. The average molecular weight is 405 g/mol. The summed E-state index contributed by atoms with van der Waals surface area (Å²) in [6.07, 6.45) is 14.1. The summed E-state index contributed by atoms with van der Waals surface area (Å²) in [6.45, 7) is 12.2. The van der Waals surface area contributed by atoms with Crippen molar-refractivity contribution >= 4 is 0 Å².